The molecule has 0 bridgehead atoms. The van der Waals surface area contributed by atoms with E-state index in [-0.39, 0.29) is 45.5 Å². The topological polar surface area (TPSA) is 107 Å². The van der Waals surface area contributed by atoms with Gasteiger partial charge in [-0.1, -0.05) is 0 Å². The molecule has 1 aromatic heterocycles. The zero-order valence-electron chi connectivity index (χ0n) is 21.9. The van der Waals surface area contributed by atoms with Crippen molar-refractivity contribution in [1.82, 2.24) is 9.88 Å². The molecular weight excluding hydrogens is 567 g/mol. The van der Waals surface area contributed by atoms with E-state index >= 15 is 0 Å². The number of piperidine rings is 1. The van der Waals surface area contributed by atoms with Crippen LogP contribution in [-0.2, 0) is 25.6 Å². The summed E-state index contributed by atoms with van der Waals surface area (Å²) in [4.78, 5) is 44.2. The van der Waals surface area contributed by atoms with Gasteiger partial charge >= 0.3 is 233 Å². The number of esters is 1. The van der Waals surface area contributed by atoms with Crippen molar-refractivity contribution >= 4 is 37.3 Å². The predicted molar refractivity (Wildman–Crippen MR) is 143 cm³/mol. The molecule has 204 valence electrons. The number of carbonyl (C=O) groups is 3. The van der Waals surface area contributed by atoms with Gasteiger partial charge in [0, 0.05) is 0 Å². The number of H-pyrrole nitrogens is 1. The minimum atomic E-state index is -1.13. The number of rotatable bonds is 7. The molecule has 39 heavy (non-hydrogen) atoms. The van der Waals surface area contributed by atoms with Crippen LogP contribution < -0.4 is 4.46 Å². The molecule has 2 aromatic carbocycles. The average molecular weight is 598 g/mol. The number of ether oxygens (including phenoxy) is 4. The maximum absolute atomic E-state index is 14.0. The second-order valence-corrected chi connectivity index (χ2v) is 12.1. The number of hydrogen-bond donors (Lipinski definition) is 1. The summed E-state index contributed by atoms with van der Waals surface area (Å²) < 4.78 is 23.4. The van der Waals surface area contributed by atoms with Crippen LogP contribution >= 0.6 is 0 Å². The van der Waals surface area contributed by atoms with E-state index in [1.807, 2.05) is 60.7 Å². The van der Waals surface area contributed by atoms with Gasteiger partial charge in [-0.3, -0.25) is 0 Å². The van der Waals surface area contributed by atoms with E-state index in [0.717, 1.165) is 10.0 Å². The van der Waals surface area contributed by atoms with Gasteiger partial charge in [-0.05, 0) is 0 Å². The zero-order valence-corrected chi connectivity index (χ0v) is 23.6. The summed E-state index contributed by atoms with van der Waals surface area (Å²) in [6.07, 6.45) is -0.173. The number of nitrogens with one attached hydrogen (secondary N) is 1. The SMILES string of the molecule is COC(=O)c1cc2c([nH]1)C(=O)[C@@H]([Se]c1ccccc1)[C@@H]1[C@@H]2CC(OC)(OC)CN1C(=O)OCc1ccccc1. The Hall–Kier alpha value is -3.43. The number of nitrogens with zero attached hydrogens (tertiary/aromatic N) is 1. The predicted octanol–water partition coefficient (Wildman–Crippen LogP) is 3.30. The van der Waals surface area contributed by atoms with Gasteiger partial charge in [0.25, 0.3) is 0 Å². The third-order valence-corrected chi connectivity index (χ3v) is 10.1. The van der Waals surface area contributed by atoms with Gasteiger partial charge in [-0.15, -0.1) is 0 Å². The molecule has 10 heteroatoms. The molecule has 3 aromatic rings. The molecule has 1 saturated heterocycles. The van der Waals surface area contributed by atoms with Crippen LogP contribution in [0, 0.1) is 0 Å². The van der Waals surface area contributed by atoms with E-state index in [1.54, 1.807) is 11.0 Å². The zero-order chi connectivity index (χ0) is 27.6. The molecule has 0 unspecified atom stereocenters. The van der Waals surface area contributed by atoms with Crippen molar-refractivity contribution in [2.45, 2.75) is 35.6 Å². The van der Waals surface area contributed by atoms with Crippen molar-refractivity contribution in [2.75, 3.05) is 27.9 Å². The number of amides is 1. The molecule has 1 N–H and O–H groups in total. The number of methoxy groups -OCH3 is 3. The quantitative estimate of drug-likeness (QED) is 0.253. The van der Waals surface area contributed by atoms with Gasteiger partial charge in [0.1, 0.15) is 0 Å². The van der Waals surface area contributed by atoms with Crippen LogP contribution in [0.3, 0.4) is 0 Å². The Balaban J connectivity index is 1.58. The third kappa shape index (κ3) is 5.25. The Morgan fingerprint density at radius 3 is 2.33 bits per heavy atom. The first-order chi connectivity index (χ1) is 18.9. The molecule has 1 aliphatic heterocycles. The summed E-state index contributed by atoms with van der Waals surface area (Å²) in [5.74, 6) is -2.20. The van der Waals surface area contributed by atoms with Crippen LogP contribution in [0.15, 0.2) is 66.7 Å². The minimum absolute atomic E-state index is 0.0882. The van der Waals surface area contributed by atoms with E-state index < -0.39 is 28.7 Å². The van der Waals surface area contributed by atoms with Crippen LogP contribution in [-0.4, -0.2) is 82.4 Å². The van der Waals surface area contributed by atoms with E-state index in [2.05, 4.69) is 4.98 Å². The van der Waals surface area contributed by atoms with Crippen LogP contribution in [0.4, 0.5) is 4.79 Å². The number of hydrogen-bond acceptors (Lipinski definition) is 7. The second kappa shape index (κ2) is 11.4. The Morgan fingerprint density at radius 2 is 1.69 bits per heavy atom. The van der Waals surface area contributed by atoms with Gasteiger partial charge in [0.05, 0.1) is 0 Å². The summed E-state index contributed by atoms with van der Waals surface area (Å²) >= 11 is -0.326. The van der Waals surface area contributed by atoms with Crippen LogP contribution in [0.5, 0.6) is 0 Å². The molecule has 5 rings (SSSR count). The van der Waals surface area contributed by atoms with E-state index in [1.165, 1.54) is 21.3 Å². The van der Waals surface area contributed by atoms with Crippen molar-refractivity contribution in [3.8, 4) is 0 Å². The number of Topliss-reactive ketones (excluding diaryl/α,β-unsaturated/α-hetero) is 1. The van der Waals surface area contributed by atoms with Crippen LogP contribution in [0.2, 0.25) is 4.82 Å². The number of ketones is 1. The fraction of sp³-hybridized carbons (Fsp3) is 0.345. The Bertz CT molecular complexity index is 1340. The molecule has 1 fully saturated rings. The van der Waals surface area contributed by atoms with Crippen molar-refractivity contribution in [3.63, 3.8) is 0 Å². The fourth-order valence-corrected chi connectivity index (χ4v) is 8.14. The number of likely N-dealkylation sites (tertiary alicyclic amines) is 1. The number of fused-ring (bicyclic) bond motifs is 3. The summed E-state index contributed by atoms with van der Waals surface area (Å²) in [6.45, 7) is 0.178. The Kier molecular flexibility index (Phi) is 7.91. The molecule has 1 amide bonds. The molecule has 2 heterocycles. The molecule has 9 nitrogen and oxygen atoms in total. The molecule has 3 atom stereocenters. The van der Waals surface area contributed by atoms with Gasteiger partial charge in [0.15, 0.2) is 0 Å². The summed E-state index contributed by atoms with van der Waals surface area (Å²) in [5, 5.41) is 0. The summed E-state index contributed by atoms with van der Waals surface area (Å²) in [6, 6.07) is 20.3. The number of aromatic nitrogens is 1. The first-order valence-electron chi connectivity index (χ1n) is 12.5. The van der Waals surface area contributed by atoms with E-state index in [0.29, 0.717) is 17.7 Å². The van der Waals surface area contributed by atoms with E-state index in [4.69, 9.17) is 18.9 Å². The summed E-state index contributed by atoms with van der Waals surface area (Å²) in [7, 11) is 4.36. The average Bonchev–Trinajstić information content (AvgIpc) is 3.44. The van der Waals surface area contributed by atoms with Crippen LogP contribution in [0.25, 0.3) is 0 Å². The normalized spacial score (nSPS) is 21.6. The van der Waals surface area contributed by atoms with Gasteiger partial charge in [-0.2, -0.15) is 0 Å². The third-order valence-electron chi connectivity index (χ3n) is 7.37. The van der Waals surface area contributed by atoms with E-state index in [9.17, 15) is 14.4 Å². The van der Waals surface area contributed by atoms with Gasteiger partial charge in [0.2, 0.25) is 0 Å². The van der Waals surface area contributed by atoms with Crippen molar-refractivity contribution in [1.29, 1.82) is 0 Å². The molecule has 0 radical (unpaired) electrons. The monoisotopic (exact) mass is 598 g/mol. The molecular formula is C29H30N2O7Se. The first kappa shape index (κ1) is 27.1. The molecule has 1 aliphatic carbocycles. The molecule has 2 aliphatic rings. The van der Waals surface area contributed by atoms with Gasteiger partial charge in [-0.25, -0.2) is 0 Å². The molecule has 0 saturated carbocycles. The van der Waals surface area contributed by atoms with Crippen molar-refractivity contribution in [2.24, 2.45) is 0 Å². The maximum atomic E-state index is 14.0. The number of benzene rings is 2. The Labute approximate surface area is 232 Å². The van der Waals surface area contributed by atoms with Gasteiger partial charge < -0.3 is 0 Å². The first-order valence-corrected chi connectivity index (χ1v) is 14.4. The number of carbonyl (C=O) groups excluding carboxylic acids is 3. The van der Waals surface area contributed by atoms with Crippen molar-refractivity contribution < 1.29 is 33.3 Å². The fourth-order valence-electron chi connectivity index (χ4n) is 5.39. The summed E-state index contributed by atoms with van der Waals surface area (Å²) in [5.41, 5.74) is 2.04. The van der Waals surface area contributed by atoms with Crippen molar-refractivity contribution in [3.05, 3.63) is 89.2 Å². The molecule has 0 spiro atoms. The van der Waals surface area contributed by atoms with Crippen LogP contribution in [0.1, 0.15) is 44.4 Å². The standard InChI is InChI=1S/C29H30N2O7Se/c1-35-27(33)22-14-20-21-15-29(36-2,37-3)17-31(28(34)38-16-18-10-6-4-7-11-18)24(21)26(25(32)23(20)30-22)39-19-12-8-5-9-13-19/h4-14,21,24,26,30H,15-17H2,1-3H3/t21-,24+,26+/m1/s1. The Morgan fingerprint density at radius 1 is 1.03 bits per heavy atom. The second-order valence-electron chi connectivity index (χ2n) is 9.51. The number of aromatic amines is 1.